The van der Waals surface area contributed by atoms with E-state index < -0.39 is 5.97 Å². The Morgan fingerprint density at radius 2 is 1.56 bits per heavy atom. The van der Waals surface area contributed by atoms with Crippen LogP contribution in [0, 0.1) is 23.2 Å². The monoisotopic (exact) mass is 380 g/mol. The summed E-state index contributed by atoms with van der Waals surface area (Å²) < 4.78 is 0. The lowest BCUT2D eigenvalue weighted by Crippen LogP contribution is -2.45. The summed E-state index contributed by atoms with van der Waals surface area (Å²) in [5, 5.41) is 9.04. The van der Waals surface area contributed by atoms with E-state index in [2.05, 4.69) is 20.8 Å². The van der Waals surface area contributed by atoms with Gasteiger partial charge in [-0.15, -0.1) is 0 Å². The third-order valence-corrected chi connectivity index (χ3v) is 6.53. The quantitative estimate of drug-likeness (QED) is 0.795. The number of hydrogen-bond acceptors (Lipinski definition) is 3. The largest absolute Gasteiger partial charge is 0.481 e. The molecule has 154 valence electrons. The third-order valence-electron chi connectivity index (χ3n) is 6.53. The van der Waals surface area contributed by atoms with Crippen molar-refractivity contribution in [3.8, 4) is 0 Å². The molecule has 0 spiro atoms. The first-order chi connectivity index (χ1) is 12.6. The van der Waals surface area contributed by atoms with Gasteiger partial charge < -0.3 is 14.9 Å². The molecular formula is C21H36N2O4. The highest BCUT2D eigenvalue weighted by Gasteiger charge is 2.32. The maximum atomic E-state index is 12.5. The van der Waals surface area contributed by atoms with Gasteiger partial charge in [-0.05, 0) is 55.8 Å². The molecule has 0 bridgehead atoms. The minimum Gasteiger partial charge on any atom is -0.481 e. The Morgan fingerprint density at radius 1 is 1.00 bits per heavy atom. The minimum absolute atomic E-state index is 0.0444. The molecule has 0 aromatic heterocycles. The Balaban J connectivity index is 1.73. The van der Waals surface area contributed by atoms with E-state index in [0.717, 1.165) is 18.8 Å². The van der Waals surface area contributed by atoms with E-state index in [1.165, 1.54) is 12.8 Å². The molecule has 0 unspecified atom stereocenters. The topological polar surface area (TPSA) is 77.9 Å². The zero-order valence-electron chi connectivity index (χ0n) is 17.4. The van der Waals surface area contributed by atoms with Crippen molar-refractivity contribution in [1.29, 1.82) is 0 Å². The third kappa shape index (κ3) is 6.22. The van der Waals surface area contributed by atoms with Crippen LogP contribution in [0.5, 0.6) is 0 Å². The van der Waals surface area contributed by atoms with Gasteiger partial charge in [0.2, 0.25) is 11.8 Å². The van der Waals surface area contributed by atoms with Gasteiger partial charge in [-0.1, -0.05) is 20.8 Å². The first-order valence-corrected chi connectivity index (χ1v) is 10.3. The average molecular weight is 381 g/mol. The highest BCUT2D eigenvalue weighted by Crippen LogP contribution is 2.40. The van der Waals surface area contributed by atoms with Gasteiger partial charge in [0, 0.05) is 26.6 Å². The number of rotatable bonds is 5. The summed E-state index contributed by atoms with van der Waals surface area (Å²) in [6.45, 7) is 7.91. The highest BCUT2D eigenvalue weighted by molar-refractivity contribution is 5.85. The molecule has 27 heavy (non-hydrogen) atoms. The van der Waals surface area contributed by atoms with Gasteiger partial charge in [0.15, 0.2) is 0 Å². The van der Waals surface area contributed by atoms with E-state index in [-0.39, 0.29) is 24.3 Å². The number of carbonyl (C=O) groups excluding carboxylic acids is 2. The Labute approximate surface area is 163 Å². The molecule has 1 saturated heterocycles. The average Bonchev–Trinajstić information content (AvgIpc) is 2.61. The van der Waals surface area contributed by atoms with Crippen molar-refractivity contribution in [3.05, 3.63) is 0 Å². The van der Waals surface area contributed by atoms with Crippen LogP contribution in [0.25, 0.3) is 0 Å². The molecule has 0 atom stereocenters. The molecule has 1 saturated carbocycles. The first-order valence-electron chi connectivity index (χ1n) is 10.3. The summed E-state index contributed by atoms with van der Waals surface area (Å²) in [5.41, 5.74) is 0.340. The van der Waals surface area contributed by atoms with Crippen molar-refractivity contribution in [2.75, 3.05) is 26.7 Å². The Kier molecular flexibility index (Phi) is 7.29. The van der Waals surface area contributed by atoms with Crippen LogP contribution in [-0.4, -0.2) is 59.4 Å². The predicted octanol–water partition coefficient (Wildman–Crippen LogP) is 3.01. The minimum atomic E-state index is -0.782. The second-order valence-electron chi connectivity index (χ2n) is 9.53. The highest BCUT2D eigenvalue weighted by atomic mass is 16.4. The fraction of sp³-hybridized carbons (Fsp3) is 0.857. The Bertz CT molecular complexity index is 539. The normalized spacial score (nSPS) is 24.5. The lowest BCUT2D eigenvalue weighted by atomic mass is 9.69. The van der Waals surface area contributed by atoms with Crippen LogP contribution in [0.1, 0.15) is 65.7 Å². The number of carboxylic acids is 1. The van der Waals surface area contributed by atoms with Crippen LogP contribution in [0.3, 0.4) is 0 Å². The molecule has 1 aliphatic carbocycles. The van der Waals surface area contributed by atoms with Gasteiger partial charge in [0.05, 0.1) is 12.5 Å². The number of carboxylic acid groups (broad SMARTS) is 1. The lowest BCUT2D eigenvalue weighted by Gasteiger charge is -2.37. The number of piperidine rings is 1. The van der Waals surface area contributed by atoms with Gasteiger partial charge in [-0.25, -0.2) is 0 Å². The summed E-state index contributed by atoms with van der Waals surface area (Å²) in [6.07, 6.45) is 6.08. The molecule has 2 amide bonds. The molecule has 0 aromatic rings. The van der Waals surface area contributed by atoms with Crippen molar-refractivity contribution in [2.45, 2.75) is 65.7 Å². The SMILES string of the molecule is CN(CC(=O)N1CCC(C(=O)O)CC1)C(=O)CC1CCC(C(C)(C)C)CC1. The fourth-order valence-corrected chi connectivity index (χ4v) is 4.40. The summed E-state index contributed by atoms with van der Waals surface area (Å²) in [7, 11) is 1.70. The van der Waals surface area contributed by atoms with Crippen LogP contribution in [-0.2, 0) is 14.4 Å². The molecule has 2 aliphatic rings. The Morgan fingerprint density at radius 3 is 2.04 bits per heavy atom. The van der Waals surface area contributed by atoms with E-state index in [1.54, 1.807) is 16.8 Å². The van der Waals surface area contributed by atoms with Crippen LogP contribution < -0.4 is 0 Å². The standard InChI is InChI=1S/C21H36N2O4/c1-21(2,3)17-7-5-15(6-8-17)13-18(24)22(4)14-19(25)23-11-9-16(10-12-23)20(26)27/h15-17H,5-14H2,1-4H3,(H,26,27). The molecule has 1 aliphatic heterocycles. The van der Waals surface area contributed by atoms with Gasteiger partial charge in [-0.2, -0.15) is 0 Å². The van der Waals surface area contributed by atoms with Crippen molar-refractivity contribution in [2.24, 2.45) is 23.2 Å². The zero-order chi connectivity index (χ0) is 20.2. The molecule has 6 heteroatoms. The maximum absolute atomic E-state index is 12.5. The van der Waals surface area contributed by atoms with E-state index >= 15 is 0 Å². The summed E-state index contributed by atoms with van der Waals surface area (Å²) >= 11 is 0. The summed E-state index contributed by atoms with van der Waals surface area (Å²) in [6, 6.07) is 0. The molecular weight excluding hydrogens is 344 g/mol. The van der Waals surface area contributed by atoms with Crippen LogP contribution in [0.2, 0.25) is 0 Å². The second-order valence-corrected chi connectivity index (χ2v) is 9.53. The molecule has 2 fully saturated rings. The van der Waals surface area contributed by atoms with Gasteiger partial charge in [0.1, 0.15) is 0 Å². The molecule has 6 nitrogen and oxygen atoms in total. The molecule has 1 heterocycles. The van der Waals surface area contributed by atoms with E-state index in [1.807, 2.05) is 0 Å². The lowest BCUT2D eigenvalue weighted by molar-refractivity contribution is -0.146. The van der Waals surface area contributed by atoms with Crippen molar-refractivity contribution in [1.82, 2.24) is 9.80 Å². The van der Waals surface area contributed by atoms with E-state index in [0.29, 0.717) is 43.7 Å². The van der Waals surface area contributed by atoms with Crippen LogP contribution >= 0.6 is 0 Å². The number of likely N-dealkylation sites (tertiary alicyclic amines) is 1. The zero-order valence-corrected chi connectivity index (χ0v) is 17.4. The first kappa shape index (κ1) is 21.7. The molecule has 1 N–H and O–H groups in total. The Hall–Kier alpha value is -1.59. The number of amides is 2. The van der Waals surface area contributed by atoms with Crippen LogP contribution in [0.15, 0.2) is 0 Å². The van der Waals surface area contributed by atoms with Crippen molar-refractivity contribution >= 4 is 17.8 Å². The van der Waals surface area contributed by atoms with E-state index in [9.17, 15) is 14.4 Å². The van der Waals surface area contributed by atoms with E-state index in [4.69, 9.17) is 5.11 Å². The number of likely N-dealkylation sites (N-methyl/N-ethyl adjacent to an activating group) is 1. The summed E-state index contributed by atoms with van der Waals surface area (Å²) in [4.78, 5) is 39.2. The maximum Gasteiger partial charge on any atom is 0.306 e. The molecule has 2 rings (SSSR count). The number of hydrogen-bond donors (Lipinski definition) is 1. The van der Waals surface area contributed by atoms with Crippen molar-refractivity contribution < 1.29 is 19.5 Å². The van der Waals surface area contributed by atoms with Gasteiger partial charge >= 0.3 is 5.97 Å². The molecule has 0 radical (unpaired) electrons. The fourth-order valence-electron chi connectivity index (χ4n) is 4.40. The summed E-state index contributed by atoms with van der Waals surface area (Å²) in [5.74, 6) is -0.00169. The van der Waals surface area contributed by atoms with Crippen LogP contribution in [0.4, 0.5) is 0 Å². The number of nitrogens with zero attached hydrogens (tertiary/aromatic N) is 2. The van der Waals surface area contributed by atoms with Gasteiger partial charge in [-0.3, -0.25) is 14.4 Å². The predicted molar refractivity (Wildman–Crippen MR) is 104 cm³/mol. The number of aliphatic carboxylic acids is 1. The molecule has 0 aromatic carbocycles. The second kappa shape index (κ2) is 9.07. The number of carbonyl (C=O) groups is 3. The smallest absolute Gasteiger partial charge is 0.306 e. The van der Waals surface area contributed by atoms with Gasteiger partial charge in [0.25, 0.3) is 0 Å². The van der Waals surface area contributed by atoms with Crippen molar-refractivity contribution in [3.63, 3.8) is 0 Å².